The molecule has 0 aliphatic heterocycles. The van der Waals surface area contributed by atoms with Crippen molar-refractivity contribution < 1.29 is 0 Å². The van der Waals surface area contributed by atoms with Gasteiger partial charge in [-0.05, 0) is 19.8 Å². The molecule has 1 aliphatic carbocycles. The maximum atomic E-state index is 4.28. The van der Waals surface area contributed by atoms with E-state index < -0.39 is 0 Å². The molecule has 1 aliphatic rings. The van der Waals surface area contributed by atoms with Crippen LogP contribution >= 0.6 is 0 Å². The molecule has 0 radical (unpaired) electrons. The van der Waals surface area contributed by atoms with Gasteiger partial charge >= 0.3 is 0 Å². The van der Waals surface area contributed by atoms with Gasteiger partial charge in [0.1, 0.15) is 0 Å². The molecule has 0 saturated heterocycles. The van der Waals surface area contributed by atoms with E-state index >= 15 is 0 Å². The van der Waals surface area contributed by atoms with Gasteiger partial charge in [-0.25, -0.2) is 0 Å². The van der Waals surface area contributed by atoms with Crippen LogP contribution in [0, 0.1) is 6.92 Å². The molecule has 0 aromatic carbocycles. The van der Waals surface area contributed by atoms with E-state index in [0.717, 1.165) is 37.1 Å². The Morgan fingerprint density at radius 1 is 1.27 bits per heavy atom. The van der Waals surface area contributed by atoms with Crippen molar-refractivity contribution in [3.8, 4) is 0 Å². The molecule has 2 N–H and O–H groups in total. The standard InChI is InChI=1S/C11H18N4/c1-9-6-15-11(8-14-9)7-12-4-5-13-10-2-3-10/h6,8,10,12-13H,2-5,7H2,1H3. The number of rotatable bonds is 6. The first-order valence-corrected chi connectivity index (χ1v) is 5.56. The Bertz CT molecular complexity index is 292. The highest BCUT2D eigenvalue weighted by molar-refractivity contribution is 5.00. The second kappa shape index (κ2) is 5.19. The van der Waals surface area contributed by atoms with E-state index in [4.69, 9.17) is 0 Å². The Labute approximate surface area is 90.5 Å². The molecule has 0 bridgehead atoms. The van der Waals surface area contributed by atoms with Gasteiger partial charge in [-0.1, -0.05) is 0 Å². The van der Waals surface area contributed by atoms with Crippen molar-refractivity contribution in [3.05, 3.63) is 23.8 Å². The molecule has 15 heavy (non-hydrogen) atoms. The van der Waals surface area contributed by atoms with Crippen LogP contribution in [-0.4, -0.2) is 29.1 Å². The molecule has 1 fully saturated rings. The number of hydrogen-bond acceptors (Lipinski definition) is 4. The molecular formula is C11H18N4. The van der Waals surface area contributed by atoms with Crippen molar-refractivity contribution in [2.24, 2.45) is 0 Å². The SMILES string of the molecule is Cc1cnc(CNCCNC2CC2)cn1. The molecule has 1 aromatic rings. The van der Waals surface area contributed by atoms with E-state index in [1.165, 1.54) is 12.8 Å². The topological polar surface area (TPSA) is 49.8 Å². The third kappa shape index (κ3) is 3.93. The first kappa shape index (κ1) is 10.5. The monoisotopic (exact) mass is 206 g/mol. The summed E-state index contributed by atoms with van der Waals surface area (Å²) in [6, 6.07) is 0.797. The van der Waals surface area contributed by atoms with Crippen molar-refractivity contribution in [2.75, 3.05) is 13.1 Å². The predicted molar refractivity (Wildman–Crippen MR) is 59.5 cm³/mol. The Morgan fingerprint density at radius 3 is 2.80 bits per heavy atom. The maximum absolute atomic E-state index is 4.28. The minimum absolute atomic E-state index is 0.797. The summed E-state index contributed by atoms with van der Waals surface area (Å²) in [5.41, 5.74) is 1.97. The normalized spacial score (nSPS) is 15.5. The number of nitrogens with zero attached hydrogens (tertiary/aromatic N) is 2. The van der Waals surface area contributed by atoms with E-state index in [1.54, 1.807) is 6.20 Å². The third-order valence-electron chi connectivity index (χ3n) is 2.45. The molecular weight excluding hydrogens is 188 g/mol. The molecule has 0 unspecified atom stereocenters. The number of hydrogen-bond donors (Lipinski definition) is 2. The van der Waals surface area contributed by atoms with Crippen LogP contribution in [0.1, 0.15) is 24.2 Å². The summed E-state index contributed by atoms with van der Waals surface area (Å²) >= 11 is 0. The van der Waals surface area contributed by atoms with Gasteiger partial charge in [0, 0.05) is 38.1 Å². The minimum atomic E-state index is 0.797. The van der Waals surface area contributed by atoms with Crippen LogP contribution in [0.5, 0.6) is 0 Å². The summed E-state index contributed by atoms with van der Waals surface area (Å²) in [7, 11) is 0. The molecule has 82 valence electrons. The van der Waals surface area contributed by atoms with Crippen molar-refractivity contribution in [1.82, 2.24) is 20.6 Å². The lowest BCUT2D eigenvalue weighted by Crippen LogP contribution is -2.28. The zero-order valence-electron chi connectivity index (χ0n) is 9.16. The number of aromatic nitrogens is 2. The van der Waals surface area contributed by atoms with Crippen molar-refractivity contribution >= 4 is 0 Å². The van der Waals surface area contributed by atoms with Crippen LogP contribution in [0.15, 0.2) is 12.4 Å². The Morgan fingerprint density at radius 2 is 2.13 bits per heavy atom. The summed E-state index contributed by atoms with van der Waals surface area (Å²) in [5, 5.41) is 6.79. The number of nitrogens with one attached hydrogen (secondary N) is 2. The van der Waals surface area contributed by atoms with Crippen LogP contribution in [0.25, 0.3) is 0 Å². The third-order valence-corrected chi connectivity index (χ3v) is 2.45. The van der Waals surface area contributed by atoms with Gasteiger partial charge < -0.3 is 10.6 Å². The zero-order valence-corrected chi connectivity index (χ0v) is 9.16. The lowest BCUT2D eigenvalue weighted by Gasteiger charge is -2.05. The lowest BCUT2D eigenvalue weighted by atomic mass is 10.4. The van der Waals surface area contributed by atoms with Gasteiger partial charge in [-0.2, -0.15) is 0 Å². The highest BCUT2D eigenvalue weighted by atomic mass is 15.0. The van der Waals surface area contributed by atoms with Crippen LogP contribution in [0.4, 0.5) is 0 Å². The first-order valence-electron chi connectivity index (χ1n) is 5.56. The fourth-order valence-corrected chi connectivity index (χ4v) is 1.38. The fraction of sp³-hybridized carbons (Fsp3) is 0.636. The van der Waals surface area contributed by atoms with Crippen molar-refractivity contribution in [1.29, 1.82) is 0 Å². The minimum Gasteiger partial charge on any atom is -0.313 e. The van der Waals surface area contributed by atoms with Gasteiger partial charge in [0.15, 0.2) is 0 Å². The number of aryl methyl sites for hydroxylation is 1. The first-order chi connectivity index (χ1) is 7.34. The molecule has 2 rings (SSSR count). The molecule has 4 nitrogen and oxygen atoms in total. The summed E-state index contributed by atoms with van der Waals surface area (Å²) < 4.78 is 0. The Kier molecular flexibility index (Phi) is 3.64. The Balaban J connectivity index is 1.58. The smallest absolute Gasteiger partial charge is 0.0724 e. The van der Waals surface area contributed by atoms with Crippen molar-refractivity contribution in [2.45, 2.75) is 32.4 Å². The quantitative estimate of drug-likeness (QED) is 0.670. The fourth-order valence-electron chi connectivity index (χ4n) is 1.38. The van der Waals surface area contributed by atoms with Gasteiger partial charge in [-0.3, -0.25) is 9.97 Å². The van der Waals surface area contributed by atoms with Crippen LogP contribution < -0.4 is 10.6 Å². The molecule has 1 saturated carbocycles. The Hall–Kier alpha value is -1.00. The van der Waals surface area contributed by atoms with Gasteiger partial charge in [0.2, 0.25) is 0 Å². The molecule has 0 spiro atoms. The average Bonchev–Trinajstić information content (AvgIpc) is 3.04. The maximum Gasteiger partial charge on any atom is 0.0724 e. The van der Waals surface area contributed by atoms with E-state index in [9.17, 15) is 0 Å². The van der Waals surface area contributed by atoms with E-state index in [2.05, 4.69) is 20.6 Å². The van der Waals surface area contributed by atoms with Crippen molar-refractivity contribution in [3.63, 3.8) is 0 Å². The van der Waals surface area contributed by atoms with Gasteiger partial charge in [-0.15, -0.1) is 0 Å². The highest BCUT2D eigenvalue weighted by Crippen LogP contribution is 2.17. The predicted octanol–water partition coefficient (Wildman–Crippen LogP) is 0.627. The molecule has 1 aromatic heterocycles. The van der Waals surface area contributed by atoms with Gasteiger partial charge in [0.25, 0.3) is 0 Å². The lowest BCUT2D eigenvalue weighted by molar-refractivity contribution is 0.602. The zero-order chi connectivity index (χ0) is 10.5. The summed E-state index contributed by atoms with van der Waals surface area (Å²) in [6.07, 6.45) is 6.34. The van der Waals surface area contributed by atoms with Gasteiger partial charge in [0.05, 0.1) is 11.4 Å². The molecule has 4 heteroatoms. The van der Waals surface area contributed by atoms with Crippen LogP contribution in [-0.2, 0) is 6.54 Å². The summed E-state index contributed by atoms with van der Waals surface area (Å²) in [5.74, 6) is 0. The second-order valence-electron chi connectivity index (χ2n) is 4.05. The highest BCUT2D eigenvalue weighted by Gasteiger charge is 2.19. The van der Waals surface area contributed by atoms with E-state index in [0.29, 0.717) is 0 Å². The molecule has 0 atom stereocenters. The van der Waals surface area contributed by atoms with Crippen LogP contribution in [0.3, 0.4) is 0 Å². The molecule has 0 amide bonds. The van der Waals surface area contributed by atoms with E-state index in [-0.39, 0.29) is 0 Å². The molecule has 1 heterocycles. The van der Waals surface area contributed by atoms with E-state index in [1.807, 2.05) is 13.1 Å². The largest absolute Gasteiger partial charge is 0.313 e. The summed E-state index contributed by atoms with van der Waals surface area (Å²) in [6.45, 7) is 4.79. The second-order valence-corrected chi connectivity index (χ2v) is 4.05. The average molecular weight is 206 g/mol. The summed E-state index contributed by atoms with van der Waals surface area (Å²) in [4.78, 5) is 8.48. The van der Waals surface area contributed by atoms with Crippen LogP contribution in [0.2, 0.25) is 0 Å².